The Balaban J connectivity index is 2.19. The summed E-state index contributed by atoms with van der Waals surface area (Å²) in [6.45, 7) is 1.01. The lowest BCUT2D eigenvalue weighted by Crippen LogP contribution is -2.35. The van der Waals surface area contributed by atoms with Crippen molar-refractivity contribution in [3.8, 4) is 5.75 Å². The molecule has 1 aromatic heterocycles. The Kier molecular flexibility index (Phi) is 4.86. The Bertz CT molecular complexity index is 733. The zero-order valence-electron chi connectivity index (χ0n) is 14.6. The van der Waals surface area contributed by atoms with Gasteiger partial charge in [0.25, 0.3) is 12.3 Å². The van der Waals surface area contributed by atoms with Crippen LogP contribution in [0, 0.1) is 5.92 Å². The maximum atomic E-state index is 12.8. The molecule has 1 atom stereocenters. The molecule has 3 rings (SSSR count). The summed E-state index contributed by atoms with van der Waals surface area (Å²) >= 11 is 0. The van der Waals surface area contributed by atoms with Gasteiger partial charge in [-0.15, -0.1) is 0 Å². The Hall–Kier alpha value is -2.25. The van der Waals surface area contributed by atoms with Crippen molar-refractivity contribution in [3.63, 3.8) is 0 Å². The van der Waals surface area contributed by atoms with Crippen LogP contribution in [0.15, 0.2) is 6.20 Å². The number of pyridine rings is 1. The van der Waals surface area contributed by atoms with Crippen LogP contribution in [0.3, 0.4) is 0 Å². The second kappa shape index (κ2) is 6.81. The van der Waals surface area contributed by atoms with Crippen molar-refractivity contribution >= 4 is 11.8 Å². The largest absolute Gasteiger partial charge is 0.487 e. The van der Waals surface area contributed by atoms with E-state index in [2.05, 4.69) is 4.98 Å². The highest BCUT2D eigenvalue weighted by molar-refractivity contribution is 5.94. The molecule has 0 aliphatic heterocycles. The average molecular weight is 367 g/mol. The SMILES string of the molecule is C[C@](CC(N)=O)(c1c(C(N)=O)ncc(C2CC2)c1OCC(F)F)C1CC1. The number of carbonyl (C=O) groups excluding carboxylic acids is 2. The molecule has 2 aliphatic carbocycles. The van der Waals surface area contributed by atoms with Gasteiger partial charge in [-0.2, -0.15) is 0 Å². The summed E-state index contributed by atoms with van der Waals surface area (Å²) in [5, 5.41) is 0. The third-order valence-electron chi connectivity index (χ3n) is 5.25. The van der Waals surface area contributed by atoms with E-state index >= 15 is 0 Å². The molecule has 2 amide bonds. The quantitative estimate of drug-likeness (QED) is 0.698. The van der Waals surface area contributed by atoms with Crippen LogP contribution >= 0.6 is 0 Å². The molecule has 142 valence electrons. The third kappa shape index (κ3) is 3.64. The number of halogens is 2. The van der Waals surface area contributed by atoms with Crippen LogP contribution in [0.5, 0.6) is 5.75 Å². The van der Waals surface area contributed by atoms with E-state index in [1.807, 2.05) is 6.92 Å². The molecule has 6 nitrogen and oxygen atoms in total. The van der Waals surface area contributed by atoms with Crippen LogP contribution in [0.1, 0.15) is 66.6 Å². The van der Waals surface area contributed by atoms with E-state index in [0.717, 1.165) is 25.7 Å². The normalized spacial score (nSPS) is 19.2. The van der Waals surface area contributed by atoms with Gasteiger partial charge in [-0.1, -0.05) is 6.92 Å². The molecule has 0 aromatic carbocycles. The number of aromatic nitrogens is 1. The number of hydrogen-bond donors (Lipinski definition) is 2. The number of rotatable bonds is 9. The van der Waals surface area contributed by atoms with E-state index in [-0.39, 0.29) is 29.7 Å². The van der Waals surface area contributed by atoms with Crippen molar-refractivity contribution in [3.05, 3.63) is 23.0 Å². The second-order valence-corrected chi connectivity index (χ2v) is 7.44. The van der Waals surface area contributed by atoms with Crippen molar-refractivity contribution in [1.82, 2.24) is 4.98 Å². The first-order valence-electron chi connectivity index (χ1n) is 8.76. The maximum absolute atomic E-state index is 12.8. The molecule has 0 bridgehead atoms. The minimum atomic E-state index is -2.66. The third-order valence-corrected chi connectivity index (χ3v) is 5.25. The topological polar surface area (TPSA) is 108 Å². The number of ether oxygens (including phenoxy) is 1. The van der Waals surface area contributed by atoms with Gasteiger partial charge in [-0.3, -0.25) is 14.6 Å². The summed E-state index contributed by atoms with van der Waals surface area (Å²) < 4.78 is 31.1. The number of nitrogens with two attached hydrogens (primary N) is 2. The van der Waals surface area contributed by atoms with E-state index in [9.17, 15) is 18.4 Å². The molecule has 4 N–H and O–H groups in total. The van der Waals surface area contributed by atoms with E-state index in [1.165, 1.54) is 6.20 Å². The highest BCUT2D eigenvalue weighted by atomic mass is 19.3. The molecule has 2 fully saturated rings. The van der Waals surface area contributed by atoms with Gasteiger partial charge in [0.1, 0.15) is 18.1 Å². The Labute approximate surface area is 150 Å². The Morgan fingerprint density at radius 2 is 1.96 bits per heavy atom. The van der Waals surface area contributed by atoms with Gasteiger partial charge in [-0.05, 0) is 37.5 Å². The predicted octanol–water partition coefficient (Wildman–Crippen LogP) is 2.24. The number of hydrogen-bond acceptors (Lipinski definition) is 4. The van der Waals surface area contributed by atoms with Gasteiger partial charge in [0, 0.05) is 29.2 Å². The van der Waals surface area contributed by atoms with Crippen molar-refractivity contribution in [2.75, 3.05) is 6.61 Å². The van der Waals surface area contributed by atoms with Gasteiger partial charge in [-0.25, -0.2) is 8.78 Å². The summed E-state index contributed by atoms with van der Waals surface area (Å²) in [5.74, 6) is -0.828. The summed E-state index contributed by atoms with van der Waals surface area (Å²) in [6.07, 6.45) is 2.30. The van der Waals surface area contributed by atoms with Crippen LogP contribution in [-0.4, -0.2) is 29.8 Å². The first kappa shape index (κ1) is 18.5. The predicted molar refractivity (Wildman–Crippen MR) is 90.1 cm³/mol. The van der Waals surface area contributed by atoms with Gasteiger partial charge in [0.15, 0.2) is 0 Å². The number of primary amides is 2. The zero-order chi connectivity index (χ0) is 19.1. The second-order valence-electron chi connectivity index (χ2n) is 7.44. The average Bonchev–Trinajstić information content (AvgIpc) is 3.43. The molecule has 1 heterocycles. The van der Waals surface area contributed by atoms with Crippen LogP contribution in [0.4, 0.5) is 8.78 Å². The highest BCUT2D eigenvalue weighted by Crippen LogP contribution is 2.55. The molecule has 0 radical (unpaired) electrons. The van der Waals surface area contributed by atoms with E-state index < -0.39 is 30.3 Å². The van der Waals surface area contributed by atoms with E-state index in [4.69, 9.17) is 16.2 Å². The first-order valence-corrected chi connectivity index (χ1v) is 8.76. The van der Waals surface area contributed by atoms with Crippen molar-refractivity contribution in [1.29, 1.82) is 0 Å². The summed E-state index contributed by atoms with van der Waals surface area (Å²) in [6, 6.07) is 0. The first-order chi connectivity index (χ1) is 12.2. The fraction of sp³-hybridized carbons (Fsp3) is 0.611. The lowest BCUT2D eigenvalue weighted by molar-refractivity contribution is -0.119. The molecule has 0 unspecified atom stereocenters. The zero-order valence-corrected chi connectivity index (χ0v) is 14.6. The number of nitrogens with zero attached hydrogens (tertiary/aromatic N) is 1. The lowest BCUT2D eigenvalue weighted by Gasteiger charge is -2.33. The molecule has 0 spiro atoms. The summed E-state index contributed by atoms with van der Waals surface area (Å²) in [5.41, 5.74) is 11.2. The minimum absolute atomic E-state index is 0.0290. The molecule has 2 aliphatic rings. The standard InChI is InChI=1S/C18H23F2N3O3/c1-18(6-13(21)24,10-4-5-10)14-15(17(22)25)23-7-11(9-2-3-9)16(14)26-8-12(19)20/h7,9-10,12H,2-6,8H2,1H3,(H2,21,24)(H2,22,25)/t18-/m1/s1. The Morgan fingerprint density at radius 3 is 2.42 bits per heavy atom. The lowest BCUT2D eigenvalue weighted by atomic mass is 9.73. The van der Waals surface area contributed by atoms with Gasteiger partial charge in [0.2, 0.25) is 5.91 Å². The van der Waals surface area contributed by atoms with Crippen LogP contribution in [0.25, 0.3) is 0 Å². The van der Waals surface area contributed by atoms with Crippen LogP contribution in [0.2, 0.25) is 0 Å². The van der Waals surface area contributed by atoms with Crippen LogP contribution < -0.4 is 16.2 Å². The van der Waals surface area contributed by atoms with Gasteiger partial charge < -0.3 is 16.2 Å². The van der Waals surface area contributed by atoms with Crippen molar-refractivity contribution in [2.24, 2.45) is 17.4 Å². The van der Waals surface area contributed by atoms with E-state index in [0.29, 0.717) is 11.1 Å². The molecule has 8 heteroatoms. The molecular weight excluding hydrogens is 344 g/mol. The smallest absolute Gasteiger partial charge is 0.272 e. The summed E-state index contributed by atoms with van der Waals surface area (Å²) in [7, 11) is 0. The van der Waals surface area contributed by atoms with Crippen LogP contribution in [-0.2, 0) is 10.2 Å². The van der Waals surface area contributed by atoms with Gasteiger partial charge in [0.05, 0.1) is 0 Å². The fourth-order valence-electron chi connectivity index (χ4n) is 3.73. The monoisotopic (exact) mass is 367 g/mol. The van der Waals surface area contributed by atoms with Crippen molar-refractivity contribution < 1.29 is 23.1 Å². The maximum Gasteiger partial charge on any atom is 0.272 e. The number of carbonyl (C=O) groups is 2. The van der Waals surface area contributed by atoms with E-state index in [1.54, 1.807) is 0 Å². The number of alkyl halides is 2. The Morgan fingerprint density at radius 1 is 1.31 bits per heavy atom. The molecule has 1 aromatic rings. The summed E-state index contributed by atoms with van der Waals surface area (Å²) in [4.78, 5) is 28.0. The van der Waals surface area contributed by atoms with Gasteiger partial charge >= 0.3 is 0 Å². The molecule has 26 heavy (non-hydrogen) atoms. The highest BCUT2D eigenvalue weighted by Gasteiger charge is 2.48. The number of amides is 2. The minimum Gasteiger partial charge on any atom is -0.487 e. The fourth-order valence-corrected chi connectivity index (χ4v) is 3.73. The molecule has 2 saturated carbocycles. The molecular formula is C18H23F2N3O3. The molecule has 0 saturated heterocycles. The van der Waals surface area contributed by atoms with Crippen molar-refractivity contribution in [2.45, 2.75) is 56.8 Å².